The van der Waals surface area contributed by atoms with Gasteiger partial charge in [-0.2, -0.15) is 13.2 Å². The molecule has 0 aliphatic rings. The van der Waals surface area contributed by atoms with Crippen LogP contribution in [-0.2, 0) is 0 Å². The fourth-order valence-corrected chi connectivity index (χ4v) is 1.87. The minimum absolute atomic E-state index is 0.374. The highest BCUT2D eigenvalue weighted by molar-refractivity contribution is 6.32. The average Bonchev–Trinajstić information content (AvgIpc) is 2.27. The fraction of sp³-hybridized carbons (Fsp3) is 0.500. The molecule has 0 amide bonds. The summed E-state index contributed by atoms with van der Waals surface area (Å²) >= 11 is 5.84. The van der Waals surface area contributed by atoms with Crippen molar-refractivity contribution in [2.24, 2.45) is 0 Å². The largest absolute Gasteiger partial charge is 0.495 e. The number of nitrogens with one attached hydrogen (secondary N) is 1. The molecular formula is C12H15ClF3NO. The molecule has 0 aliphatic carbocycles. The van der Waals surface area contributed by atoms with Gasteiger partial charge < -0.3 is 10.1 Å². The van der Waals surface area contributed by atoms with Gasteiger partial charge in [0.05, 0.1) is 18.6 Å². The first-order chi connectivity index (χ1) is 8.37. The Bertz CT molecular complexity index is 395. The quantitative estimate of drug-likeness (QED) is 0.882. The van der Waals surface area contributed by atoms with E-state index in [-0.39, 0.29) is 0 Å². The molecule has 102 valence electrons. The summed E-state index contributed by atoms with van der Waals surface area (Å²) in [4.78, 5) is 0. The molecular weight excluding hydrogens is 267 g/mol. The van der Waals surface area contributed by atoms with Crippen LogP contribution >= 0.6 is 11.6 Å². The summed E-state index contributed by atoms with van der Waals surface area (Å²) in [7, 11) is 1.43. The van der Waals surface area contributed by atoms with Crippen LogP contribution in [0.5, 0.6) is 5.75 Å². The summed E-state index contributed by atoms with van der Waals surface area (Å²) in [6.07, 6.45) is -5.15. The molecule has 0 heterocycles. The van der Waals surface area contributed by atoms with Gasteiger partial charge in [-0.3, -0.25) is 0 Å². The van der Waals surface area contributed by atoms with E-state index in [0.29, 0.717) is 22.9 Å². The molecule has 0 spiro atoms. The molecule has 1 atom stereocenters. The number of benzene rings is 1. The topological polar surface area (TPSA) is 21.3 Å². The lowest BCUT2D eigenvalue weighted by atomic mass is 10.0. The number of hydrogen-bond acceptors (Lipinski definition) is 2. The predicted molar refractivity (Wildman–Crippen MR) is 65.1 cm³/mol. The first-order valence-electron chi connectivity index (χ1n) is 5.51. The number of methoxy groups -OCH3 is 1. The molecule has 0 aromatic heterocycles. The molecule has 18 heavy (non-hydrogen) atoms. The third-order valence-electron chi connectivity index (χ3n) is 2.46. The standard InChI is InChI=1S/C12H15ClF3NO/c1-3-17-10(7-12(14,15)16)8-4-5-9(13)11(6-8)18-2/h4-6,10,17H,3,7H2,1-2H3. The van der Waals surface area contributed by atoms with Crippen molar-refractivity contribution in [1.82, 2.24) is 5.32 Å². The second kappa shape index (κ2) is 6.29. The molecule has 0 saturated carbocycles. The third kappa shape index (κ3) is 4.38. The third-order valence-corrected chi connectivity index (χ3v) is 2.78. The van der Waals surface area contributed by atoms with Gasteiger partial charge in [-0.05, 0) is 24.2 Å². The SMILES string of the molecule is CCNC(CC(F)(F)F)c1ccc(Cl)c(OC)c1. The van der Waals surface area contributed by atoms with Gasteiger partial charge in [0.15, 0.2) is 0 Å². The zero-order valence-electron chi connectivity index (χ0n) is 10.1. The zero-order valence-corrected chi connectivity index (χ0v) is 10.9. The van der Waals surface area contributed by atoms with Crippen molar-refractivity contribution in [3.8, 4) is 5.75 Å². The molecule has 1 aromatic carbocycles. The lowest BCUT2D eigenvalue weighted by Gasteiger charge is -2.20. The van der Waals surface area contributed by atoms with Crippen LogP contribution < -0.4 is 10.1 Å². The highest BCUT2D eigenvalue weighted by atomic mass is 35.5. The summed E-state index contributed by atoms with van der Waals surface area (Å²) in [5.74, 6) is 0.374. The molecule has 1 rings (SSSR count). The van der Waals surface area contributed by atoms with Crippen molar-refractivity contribution in [3.63, 3.8) is 0 Å². The zero-order chi connectivity index (χ0) is 13.8. The van der Waals surface area contributed by atoms with Gasteiger partial charge in [-0.1, -0.05) is 24.6 Å². The van der Waals surface area contributed by atoms with E-state index in [4.69, 9.17) is 16.3 Å². The highest BCUT2D eigenvalue weighted by Crippen LogP contribution is 2.33. The summed E-state index contributed by atoms with van der Waals surface area (Å²) in [6, 6.07) is 3.85. The molecule has 2 nitrogen and oxygen atoms in total. The van der Waals surface area contributed by atoms with E-state index in [2.05, 4.69) is 5.32 Å². The van der Waals surface area contributed by atoms with Crippen LogP contribution in [0, 0.1) is 0 Å². The maximum Gasteiger partial charge on any atom is 0.390 e. The average molecular weight is 282 g/mol. The Hall–Kier alpha value is -0.940. The van der Waals surface area contributed by atoms with Crippen LogP contribution in [0.25, 0.3) is 0 Å². The van der Waals surface area contributed by atoms with Crippen LogP contribution in [0.4, 0.5) is 13.2 Å². The normalized spacial score (nSPS) is 13.4. The minimum atomic E-state index is -4.22. The molecule has 6 heteroatoms. The Morgan fingerprint density at radius 2 is 2.06 bits per heavy atom. The first kappa shape index (κ1) is 15.1. The smallest absolute Gasteiger partial charge is 0.390 e. The van der Waals surface area contributed by atoms with Crippen LogP contribution in [0.3, 0.4) is 0 Å². The Morgan fingerprint density at radius 3 is 2.56 bits per heavy atom. The predicted octanol–water partition coefficient (Wildman–Crippen LogP) is 3.95. The number of alkyl halides is 3. The van der Waals surface area contributed by atoms with Crippen LogP contribution in [0.15, 0.2) is 18.2 Å². The number of ether oxygens (including phenoxy) is 1. The van der Waals surface area contributed by atoms with Crippen molar-refractivity contribution < 1.29 is 17.9 Å². The van der Waals surface area contributed by atoms with Gasteiger partial charge in [0, 0.05) is 6.04 Å². The molecule has 0 fully saturated rings. The summed E-state index contributed by atoms with van der Waals surface area (Å²) in [5, 5.41) is 3.19. The van der Waals surface area contributed by atoms with Gasteiger partial charge in [-0.25, -0.2) is 0 Å². The minimum Gasteiger partial charge on any atom is -0.495 e. The highest BCUT2D eigenvalue weighted by Gasteiger charge is 2.32. The maximum atomic E-state index is 12.5. The van der Waals surface area contributed by atoms with Crippen molar-refractivity contribution in [2.45, 2.75) is 25.6 Å². The summed E-state index contributed by atoms with van der Waals surface area (Å²) in [6.45, 7) is 2.21. The van der Waals surface area contributed by atoms with Crippen molar-refractivity contribution in [2.75, 3.05) is 13.7 Å². The van der Waals surface area contributed by atoms with Crippen LogP contribution in [0.2, 0.25) is 5.02 Å². The molecule has 0 radical (unpaired) electrons. The Kier molecular flexibility index (Phi) is 5.28. The molecule has 1 unspecified atom stereocenters. The van der Waals surface area contributed by atoms with E-state index < -0.39 is 18.6 Å². The molecule has 1 N–H and O–H groups in total. The van der Waals surface area contributed by atoms with Crippen LogP contribution in [0.1, 0.15) is 24.9 Å². The van der Waals surface area contributed by atoms with Gasteiger partial charge in [0.25, 0.3) is 0 Å². The number of rotatable bonds is 5. The van der Waals surface area contributed by atoms with Gasteiger partial charge in [-0.15, -0.1) is 0 Å². The Balaban J connectivity index is 2.98. The molecule has 0 aliphatic heterocycles. The molecule has 1 aromatic rings. The Morgan fingerprint density at radius 1 is 1.39 bits per heavy atom. The number of halogens is 4. The van der Waals surface area contributed by atoms with E-state index in [9.17, 15) is 13.2 Å². The maximum absolute atomic E-state index is 12.5. The van der Waals surface area contributed by atoms with Gasteiger partial charge in [0.1, 0.15) is 5.75 Å². The van der Waals surface area contributed by atoms with Crippen LogP contribution in [-0.4, -0.2) is 19.8 Å². The van der Waals surface area contributed by atoms with E-state index in [0.717, 1.165) is 0 Å². The first-order valence-corrected chi connectivity index (χ1v) is 5.88. The van der Waals surface area contributed by atoms with Crippen molar-refractivity contribution in [1.29, 1.82) is 0 Å². The van der Waals surface area contributed by atoms with Gasteiger partial charge in [0.2, 0.25) is 0 Å². The van der Waals surface area contributed by atoms with E-state index >= 15 is 0 Å². The van der Waals surface area contributed by atoms with Crippen molar-refractivity contribution >= 4 is 11.6 Å². The molecule has 0 saturated heterocycles. The summed E-state index contributed by atoms with van der Waals surface area (Å²) in [5.41, 5.74) is 0.510. The Labute approximate surface area is 109 Å². The van der Waals surface area contributed by atoms with E-state index in [1.54, 1.807) is 13.0 Å². The summed E-state index contributed by atoms with van der Waals surface area (Å²) < 4.78 is 42.4. The van der Waals surface area contributed by atoms with Crippen molar-refractivity contribution in [3.05, 3.63) is 28.8 Å². The number of hydrogen-bond donors (Lipinski definition) is 1. The lowest BCUT2D eigenvalue weighted by molar-refractivity contribution is -0.140. The molecule has 0 bridgehead atoms. The monoisotopic (exact) mass is 281 g/mol. The van der Waals surface area contributed by atoms with E-state index in [1.165, 1.54) is 19.2 Å². The lowest BCUT2D eigenvalue weighted by Crippen LogP contribution is -2.26. The second-order valence-electron chi connectivity index (χ2n) is 3.82. The second-order valence-corrected chi connectivity index (χ2v) is 4.23. The van der Waals surface area contributed by atoms with E-state index in [1.807, 2.05) is 0 Å². The van der Waals surface area contributed by atoms with Gasteiger partial charge >= 0.3 is 6.18 Å². The fourth-order valence-electron chi connectivity index (χ4n) is 1.68.